The maximum absolute atomic E-state index is 2.50. The summed E-state index contributed by atoms with van der Waals surface area (Å²) in [5, 5.41) is 0. The molecule has 0 heterocycles. The normalized spacial score (nSPS) is 11.2. The minimum Gasteiger partial charge on any atom is -0.306 e. The van der Waals surface area contributed by atoms with E-state index in [-0.39, 0.29) is 0 Å². The van der Waals surface area contributed by atoms with E-state index in [2.05, 4.69) is 49.2 Å². The molecule has 0 amide bonds. The van der Waals surface area contributed by atoms with Crippen LogP contribution in [0.4, 0.5) is 0 Å². The van der Waals surface area contributed by atoms with Crippen LogP contribution >= 0.6 is 0 Å². The third-order valence-electron chi connectivity index (χ3n) is 4.24. The Balaban J connectivity index is 1.88. The molecule has 0 N–H and O–H groups in total. The van der Waals surface area contributed by atoms with Crippen molar-refractivity contribution in [2.75, 3.05) is 20.1 Å². The first-order chi connectivity index (χ1) is 10.3. The van der Waals surface area contributed by atoms with Gasteiger partial charge in [-0.2, -0.15) is 0 Å². The van der Waals surface area contributed by atoms with Gasteiger partial charge in [0.2, 0.25) is 0 Å². The lowest BCUT2D eigenvalue weighted by atomic mass is 10.1. The van der Waals surface area contributed by atoms with Gasteiger partial charge in [0.25, 0.3) is 0 Å². The third-order valence-corrected chi connectivity index (χ3v) is 4.24. The first kappa shape index (κ1) is 18.2. The summed E-state index contributed by atoms with van der Waals surface area (Å²) >= 11 is 0. The van der Waals surface area contributed by atoms with Gasteiger partial charge in [0.1, 0.15) is 0 Å². The van der Waals surface area contributed by atoms with Crippen molar-refractivity contribution in [1.29, 1.82) is 0 Å². The Hall–Kier alpha value is -0.820. The maximum atomic E-state index is 2.50. The molecule has 1 heteroatoms. The van der Waals surface area contributed by atoms with E-state index in [1.165, 1.54) is 82.9 Å². The van der Waals surface area contributed by atoms with E-state index < -0.39 is 0 Å². The van der Waals surface area contributed by atoms with Crippen LogP contribution in [0.2, 0.25) is 0 Å². The van der Waals surface area contributed by atoms with Crippen molar-refractivity contribution in [3.63, 3.8) is 0 Å². The lowest BCUT2D eigenvalue weighted by Gasteiger charge is -2.16. The lowest BCUT2D eigenvalue weighted by molar-refractivity contribution is 0.319. The summed E-state index contributed by atoms with van der Waals surface area (Å²) in [4.78, 5) is 2.50. The van der Waals surface area contributed by atoms with Crippen molar-refractivity contribution < 1.29 is 0 Å². The van der Waals surface area contributed by atoms with Gasteiger partial charge < -0.3 is 4.90 Å². The fraction of sp³-hybridized carbons (Fsp3) is 0.700. The molecule has 0 unspecified atom stereocenters. The molecule has 1 aromatic carbocycles. The predicted molar refractivity (Wildman–Crippen MR) is 94.9 cm³/mol. The quantitative estimate of drug-likeness (QED) is 0.421. The van der Waals surface area contributed by atoms with Crippen LogP contribution < -0.4 is 0 Å². The largest absolute Gasteiger partial charge is 0.306 e. The molecule has 0 saturated heterocycles. The second kappa shape index (κ2) is 12.9. The van der Waals surface area contributed by atoms with Gasteiger partial charge in [-0.25, -0.2) is 0 Å². The van der Waals surface area contributed by atoms with Crippen LogP contribution in [-0.4, -0.2) is 25.0 Å². The summed E-state index contributed by atoms with van der Waals surface area (Å²) in [5.41, 5.74) is 1.47. The van der Waals surface area contributed by atoms with Gasteiger partial charge >= 0.3 is 0 Å². The van der Waals surface area contributed by atoms with Crippen molar-refractivity contribution in [2.45, 2.75) is 71.1 Å². The van der Waals surface area contributed by atoms with Crippen molar-refractivity contribution in [3.8, 4) is 0 Å². The number of hydrogen-bond donors (Lipinski definition) is 0. The molecule has 0 aliphatic rings. The number of aryl methyl sites for hydroxylation is 1. The van der Waals surface area contributed by atoms with Gasteiger partial charge in [0, 0.05) is 0 Å². The molecule has 1 nitrogen and oxygen atoms in total. The first-order valence-corrected chi connectivity index (χ1v) is 9.05. The summed E-state index contributed by atoms with van der Waals surface area (Å²) in [6.07, 6.45) is 13.8. The van der Waals surface area contributed by atoms with E-state index in [9.17, 15) is 0 Å². The SMILES string of the molecule is CCCCCCCCCCN(C)CCCc1ccccc1. The molecule has 1 rings (SSSR count). The van der Waals surface area contributed by atoms with Gasteiger partial charge in [-0.15, -0.1) is 0 Å². The smallest absolute Gasteiger partial charge is 0.00186 e. The van der Waals surface area contributed by atoms with Crippen molar-refractivity contribution in [3.05, 3.63) is 35.9 Å². The standard InChI is InChI=1S/C20H35N/c1-3-4-5-6-7-8-9-13-18-21(2)19-14-17-20-15-11-10-12-16-20/h10-12,15-16H,3-9,13-14,17-19H2,1-2H3. The molecule has 0 aromatic heterocycles. The second-order valence-corrected chi connectivity index (χ2v) is 6.37. The highest BCUT2D eigenvalue weighted by Gasteiger charge is 1.99. The predicted octanol–water partition coefficient (Wildman–Crippen LogP) is 5.69. The minimum absolute atomic E-state index is 1.21. The highest BCUT2D eigenvalue weighted by Crippen LogP contribution is 2.09. The zero-order valence-electron chi connectivity index (χ0n) is 14.3. The lowest BCUT2D eigenvalue weighted by Crippen LogP contribution is -2.21. The summed E-state index contributed by atoms with van der Waals surface area (Å²) in [5.74, 6) is 0. The molecule has 1 aromatic rings. The second-order valence-electron chi connectivity index (χ2n) is 6.37. The molecule has 0 fully saturated rings. The van der Waals surface area contributed by atoms with E-state index in [1.54, 1.807) is 0 Å². The van der Waals surface area contributed by atoms with Crippen LogP contribution in [0.25, 0.3) is 0 Å². The van der Waals surface area contributed by atoms with Gasteiger partial charge in [-0.3, -0.25) is 0 Å². The molecule has 0 atom stereocenters. The molecule has 0 radical (unpaired) electrons. The average molecular weight is 290 g/mol. The number of hydrogen-bond acceptors (Lipinski definition) is 1. The minimum atomic E-state index is 1.21. The molecule has 0 aliphatic carbocycles. The molecule has 21 heavy (non-hydrogen) atoms. The molecular formula is C20H35N. The Morgan fingerprint density at radius 3 is 1.95 bits per heavy atom. The molecule has 120 valence electrons. The summed E-state index contributed by atoms with van der Waals surface area (Å²) < 4.78 is 0. The number of benzene rings is 1. The zero-order chi connectivity index (χ0) is 15.2. The van der Waals surface area contributed by atoms with Gasteiger partial charge in [0.05, 0.1) is 0 Å². The Labute approximate surface area is 132 Å². The highest BCUT2D eigenvalue weighted by molar-refractivity contribution is 5.14. The van der Waals surface area contributed by atoms with Gasteiger partial charge in [-0.1, -0.05) is 82.2 Å². The summed E-state index contributed by atoms with van der Waals surface area (Å²) in [6.45, 7) is 4.78. The van der Waals surface area contributed by atoms with Crippen molar-refractivity contribution in [1.82, 2.24) is 4.90 Å². The highest BCUT2D eigenvalue weighted by atomic mass is 15.1. The average Bonchev–Trinajstić information content (AvgIpc) is 2.51. The van der Waals surface area contributed by atoms with Crippen LogP contribution in [0.1, 0.15) is 70.3 Å². The Morgan fingerprint density at radius 2 is 1.29 bits per heavy atom. The molecule has 0 aliphatic heterocycles. The van der Waals surface area contributed by atoms with Gasteiger partial charge in [-0.05, 0) is 45.0 Å². The fourth-order valence-electron chi connectivity index (χ4n) is 2.83. The molecular weight excluding hydrogens is 254 g/mol. The first-order valence-electron chi connectivity index (χ1n) is 9.05. The van der Waals surface area contributed by atoms with Crippen LogP contribution in [0.5, 0.6) is 0 Å². The Kier molecular flexibility index (Phi) is 11.2. The van der Waals surface area contributed by atoms with Crippen LogP contribution in [-0.2, 0) is 6.42 Å². The molecule has 0 saturated carbocycles. The number of rotatable bonds is 13. The van der Waals surface area contributed by atoms with E-state index in [0.29, 0.717) is 0 Å². The molecule has 0 spiro atoms. The summed E-state index contributed by atoms with van der Waals surface area (Å²) in [7, 11) is 2.27. The fourth-order valence-corrected chi connectivity index (χ4v) is 2.83. The van der Waals surface area contributed by atoms with Crippen LogP contribution in [0, 0.1) is 0 Å². The van der Waals surface area contributed by atoms with Crippen molar-refractivity contribution >= 4 is 0 Å². The number of nitrogens with zero attached hydrogens (tertiary/aromatic N) is 1. The van der Waals surface area contributed by atoms with Crippen LogP contribution in [0.3, 0.4) is 0 Å². The molecule has 0 bridgehead atoms. The van der Waals surface area contributed by atoms with E-state index in [4.69, 9.17) is 0 Å². The Bertz CT molecular complexity index is 320. The van der Waals surface area contributed by atoms with E-state index in [1.807, 2.05) is 0 Å². The van der Waals surface area contributed by atoms with Crippen LogP contribution in [0.15, 0.2) is 30.3 Å². The van der Waals surface area contributed by atoms with Crippen molar-refractivity contribution in [2.24, 2.45) is 0 Å². The third kappa shape index (κ3) is 10.5. The maximum Gasteiger partial charge on any atom is -0.00186 e. The van der Waals surface area contributed by atoms with E-state index in [0.717, 1.165) is 0 Å². The zero-order valence-corrected chi connectivity index (χ0v) is 14.3. The Morgan fingerprint density at radius 1 is 0.714 bits per heavy atom. The van der Waals surface area contributed by atoms with Gasteiger partial charge in [0.15, 0.2) is 0 Å². The number of unbranched alkanes of at least 4 members (excludes halogenated alkanes) is 7. The van der Waals surface area contributed by atoms with E-state index >= 15 is 0 Å². The summed E-state index contributed by atoms with van der Waals surface area (Å²) in [6, 6.07) is 10.8. The topological polar surface area (TPSA) is 3.24 Å². The monoisotopic (exact) mass is 289 g/mol.